The Morgan fingerprint density at radius 2 is 1.56 bits per heavy atom. The number of ether oxygens (including phenoxy) is 1. The van der Waals surface area contributed by atoms with Crippen molar-refractivity contribution in [1.29, 1.82) is 0 Å². The molecule has 32 heavy (non-hydrogen) atoms. The van der Waals surface area contributed by atoms with E-state index < -0.39 is 10.0 Å². The summed E-state index contributed by atoms with van der Waals surface area (Å²) in [5, 5.41) is 0. The molecule has 0 spiro atoms. The summed E-state index contributed by atoms with van der Waals surface area (Å²) >= 11 is 0. The third-order valence-electron chi connectivity index (χ3n) is 5.29. The summed E-state index contributed by atoms with van der Waals surface area (Å²) in [6.07, 6.45) is 0. The van der Waals surface area contributed by atoms with Crippen molar-refractivity contribution in [3.8, 4) is 5.75 Å². The van der Waals surface area contributed by atoms with Gasteiger partial charge in [-0.2, -0.15) is 0 Å². The standard InChI is InChI=1S/C25H28N2O4S/c1-18(2)27(20-11-7-6-8-12-20)25(28)22-17-21(16-15-19(22)3)32(29,30)26(4)23-13-9-10-14-24(23)31-5/h6-18H,1-5H3. The van der Waals surface area contributed by atoms with Crippen LogP contribution in [-0.2, 0) is 10.0 Å². The second kappa shape index (κ2) is 9.44. The number of nitrogens with zero attached hydrogens (tertiary/aromatic N) is 2. The Morgan fingerprint density at radius 3 is 2.19 bits per heavy atom. The molecule has 0 bridgehead atoms. The number of carbonyl (C=O) groups is 1. The van der Waals surface area contributed by atoms with E-state index >= 15 is 0 Å². The van der Waals surface area contributed by atoms with Crippen molar-refractivity contribution in [3.63, 3.8) is 0 Å². The first-order valence-electron chi connectivity index (χ1n) is 10.3. The molecule has 0 radical (unpaired) electrons. The zero-order valence-electron chi connectivity index (χ0n) is 18.9. The van der Waals surface area contributed by atoms with Crippen LogP contribution in [0.4, 0.5) is 11.4 Å². The van der Waals surface area contributed by atoms with Crippen LogP contribution in [0.3, 0.4) is 0 Å². The predicted octanol–water partition coefficient (Wildman–Crippen LogP) is 4.88. The Bertz CT molecular complexity index is 1210. The van der Waals surface area contributed by atoms with Gasteiger partial charge in [-0.3, -0.25) is 9.10 Å². The summed E-state index contributed by atoms with van der Waals surface area (Å²) in [5.41, 5.74) is 2.22. The maximum absolute atomic E-state index is 13.5. The largest absolute Gasteiger partial charge is 0.495 e. The molecule has 0 saturated heterocycles. The number of anilines is 2. The molecule has 3 rings (SSSR count). The summed E-state index contributed by atoms with van der Waals surface area (Å²) < 4.78 is 33.3. The first kappa shape index (κ1) is 23.3. The normalized spacial score (nSPS) is 11.3. The van der Waals surface area contributed by atoms with Gasteiger partial charge in [0, 0.05) is 24.3 Å². The first-order valence-corrected chi connectivity index (χ1v) is 11.7. The summed E-state index contributed by atoms with van der Waals surface area (Å²) in [6.45, 7) is 5.66. The number of benzene rings is 3. The van der Waals surface area contributed by atoms with Crippen LogP contribution in [0.2, 0.25) is 0 Å². The van der Waals surface area contributed by atoms with E-state index in [9.17, 15) is 13.2 Å². The fourth-order valence-electron chi connectivity index (χ4n) is 3.54. The first-order chi connectivity index (χ1) is 15.2. The van der Waals surface area contributed by atoms with Crippen molar-refractivity contribution >= 4 is 27.3 Å². The van der Waals surface area contributed by atoms with Crippen molar-refractivity contribution in [2.45, 2.75) is 31.7 Å². The molecule has 0 saturated carbocycles. The Kier molecular flexibility index (Phi) is 6.89. The Balaban J connectivity index is 2.05. The molecular weight excluding hydrogens is 424 g/mol. The highest BCUT2D eigenvalue weighted by Gasteiger charge is 2.27. The van der Waals surface area contributed by atoms with Gasteiger partial charge in [0.15, 0.2) is 0 Å². The van der Waals surface area contributed by atoms with E-state index in [2.05, 4.69) is 0 Å². The van der Waals surface area contributed by atoms with Crippen molar-refractivity contribution in [2.24, 2.45) is 0 Å². The van der Waals surface area contributed by atoms with Gasteiger partial charge >= 0.3 is 0 Å². The van der Waals surface area contributed by atoms with Gasteiger partial charge < -0.3 is 9.64 Å². The van der Waals surface area contributed by atoms with Crippen molar-refractivity contribution < 1.29 is 17.9 Å². The molecule has 0 aromatic heterocycles. The number of aryl methyl sites for hydroxylation is 1. The highest BCUT2D eigenvalue weighted by atomic mass is 32.2. The molecule has 3 aromatic carbocycles. The molecule has 6 nitrogen and oxygen atoms in total. The molecule has 0 aliphatic carbocycles. The quantitative estimate of drug-likeness (QED) is 0.512. The van der Waals surface area contributed by atoms with Gasteiger partial charge in [-0.05, 0) is 62.7 Å². The lowest BCUT2D eigenvalue weighted by Gasteiger charge is -2.28. The highest BCUT2D eigenvalue weighted by molar-refractivity contribution is 7.92. The summed E-state index contributed by atoms with van der Waals surface area (Å²) in [5.74, 6) is 0.192. The Morgan fingerprint density at radius 1 is 0.938 bits per heavy atom. The van der Waals surface area contributed by atoms with Crippen LogP contribution >= 0.6 is 0 Å². The van der Waals surface area contributed by atoms with Crippen LogP contribution in [0.5, 0.6) is 5.75 Å². The van der Waals surface area contributed by atoms with E-state index in [1.165, 1.54) is 30.6 Å². The van der Waals surface area contributed by atoms with Crippen LogP contribution in [0.15, 0.2) is 77.7 Å². The molecule has 0 heterocycles. The monoisotopic (exact) mass is 452 g/mol. The van der Waals surface area contributed by atoms with E-state index in [0.29, 0.717) is 22.6 Å². The van der Waals surface area contributed by atoms with Crippen LogP contribution in [-0.4, -0.2) is 34.5 Å². The zero-order valence-corrected chi connectivity index (χ0v) is 19.8. The SMILES string of the molecule is COc1ccccc1N(C)S(=O)(=O)c1ccc(C)c(C(=O)N(c2ccccc2)C(C)C)c1. The van der Waals surface area contributed by atoms with Gasteiger partial charge in [-0.15, -0.1) is 0 Å². The number of rotatable bonds is 7. The molecule has 3 aromatic rings. The maximum atomic E-state index is 13.5. The van der Waals surface area contributed by atoms with Gasteiger partial charge in [-0.25, -0.2) is 8.42 Å². The number of para-hydroxylation sites is 3. The van der Waals surface area contributed by atoms with Gasteiger partial charge in [0.1, 0.15) is 5.75 Å². The highest BCUT2D eigenvalue weighted by Crippen LogP contribution is 2.32. The van der Waals surface area contributed by atoms with E-state index in [0.717, 1.165) is 5.69 Å². The Hall–Kier alpha value is -3.32. The van der Waals surface area contributed by atoms with Gasteiger partial charge in [-0.1, -0.05) is 36.4 Å². The van der Waals surface area contributed by atoms with E-state index in [4.69, 9.17) is 4.74 Å². The fourth-order valence-corrected chi connectivity index (χ4v) is 4.77. The van der Waals surface area contributed by atoms with E-state index in [1.54, 1.807) is 42.2 Å². The fraction of sp³-hybridized carbons (Fsp3) is 0.240. The number of methoxy groups -OCH3 is 1. The lowest BCUT2D eigenvalue weighted by atomic mass is 10.1. The Labute approximate surface area is 190 Å². The summed E-state index contributed by atoms with van der Waals surface area (Å²) in [7, 11) is -0.962. The molecule has 0 fully saturated rings. The lowest BCUT2D eigenvalue weighted by Crippen LogP contribution is -2.37. The molecule has 0 N–H and O–H groups in total. The second-order valence-corrected chi connectivity index (χ2v) is 9.69. The van der Waals surface area contributed by atoms with Crippen molar-refractivity contribution in [2.75, 3.05) is 23.4 Å². The molecule has 0 atom stereocenters. The van der Waals surface area contributed by atoms with Crippen molar-refractivity contribution in [3.05, 3.63) is 83.9 Å². The maximum Gasteiger partial charge on any atom is 0.264 e. The van der Waals surface area contributed by atoms with Gasteiger partial charge in [0.05, 0.1) is 17.7 Å². The minimum atomic E-state index is -3.93. The van der Waals surface area contributed by atoms with Gasteiger partial charge in [0.25, 0.3) is 15.9 Å². The molecule has 0 unspecified atom stereocenters. The third kappa shape index (κ3) is 4.48. The number of carbonyl (C=O) groups excluding carboxylic acids is 1. The summed E-state index contributed by atoms with van der Waals surface area (Å²) in [4.78, 5) is 15.2. The minimum Gasteiger partial charge on any atom is -0.495 e. The minimum absolute atomic E-state index is 0.0385. The summed E-state index contributed by atoms with van der Waals surface area (Å²) in [6, 6.07) is 20.8. The molecule has 1 amide bonds. The lowest BCUT2D eigenvalue weighted by molar-refractivity contribution is 0.0979. The smallest absolute Gasteiger partial charge is 0.264 e. The number of amides is 1. The third-order valence-corrected chi connectivity index (χ3v) is 7.06. The molecule has 7 heteroatoms. The molecule has 168 valence electrons. The average Bonchev–Trinajstić information content (AvgIpc) is 2.79. The average molecular weight is 453 g/mol. The van der Waals surface area contributed by atoms with Crippen LogP contribution < -0.4 is 13.9 Å². The van der Waals surface area contributed by atoms with Crippen LogP contribution in [0.25, 0.3) is 0 Å². The number of hydrogen-bond donors (Lipinski definition) is 0. The van der Waals surface area contributed by atoms with Gasteiger partial charge in [0.2, 0.25) is 0 Å². The topological polar surface area (TPSA) is 66.9 Å². The van der Waals surface area contributed by atoms with E-state index in [1.807, 2.05) is 44.2 Å². The number of hydrogen-bond acceptors (Lipinski definition) is 4. The molecular formula is C25H28N2O4S. The second-order valence-electron chi connectivity index (χ2n) is 7.73. The van der Waals surface area contributed by atoms with Crippen LogP contribution in [0, 0.1) is 6.92 Å². The number of sulfonamides is 1. The zero-order chi connectivity index (χ0) is 23.5. The van der Waals surface area contributed by atoms with Crippen molar-refractivity contribution in [1.82, 2.24) is 0 Å². The van der Waals surface area contributed by atoms with Crippen LogP contribution in [0.1, 0.15) is 29.8 Å². The molecule has 0 aliphatic heterocycles. The molecule has 0 aliphatic rings. The van der Waals surface area contributed by atoms with E-state index in [-0.39, 0.29) is 16.8 Å². The predicted molar refractivity (Wildman–Crippen MR) is 128 cm³/mol.